The number of hydrogen-bond acceptors (Lipinski definition) is 6. The van der Waals surface area contributed by atoms with E-state index in [0.29, 0.717) is 22.0 Å². The zero-order valence-electron chi connectivity index (χ0n) is 17.0. The van der Waals surface area contributed by atoms with Crippen molar-refractivity contribution in [3.05, 3.63) is 45.8 Å². The Morgan fingerprint density at radius 2 is 1.83 bits per heavy atom. The molecule has 0 bridgehead atoms. The summed E-state index contributed by atoms with van der Waals surface area (Å²) in [6.07, 6.45) is 1.73. The molecule has 1 aromatic carbocycles. The molecular formula is C21H25N3O4S. The normalized spacial score (nSPS) is 15.2. The Balaban J connectivity index is 1.90. The van der Waals surface area contributed by atoms with Crippen molar-refractivity contribution in [2.24, 2.45) is 5.92 Å². The molecule has 2 aromatic rings. The molecule has 3 amide bonds. The van der Waals surface area contributed by atoms with Crippen molar-refractivity contribution in [3.63, 3.8) is 0 Å². The number of nitrogens with one attached hydrogen (secondary N) is 2. The van der Waals surface area contributed by atoms with Gasteiger partial charge in [-0.25, -0.2) is 4.79 Å². The number of anilines is 2. The first-order valence-corrected chi connectivity index (χ1v) is 10.2. The first-order chi connectivity index (χ1) is 13.8. The van der Waals surface area contributed by atoms with E-state index in [-0.39, 0.29) is 5.91 Å². The highest BCUT2D eigenvalue weighted by Crippen LogP contribution is 2.39. The third-order valence-electron chi connectivity index (χ3n) is 5.01. The number of methoxy groups -OCH3 is 1. The molecule has 8 heteroatoms. The van der Waals surface area contributed by atoms with Crippen LogP contribution in [0, 0.1) is 5.92 Å². The van der Waals surface area contributed by atoms with E-state index in [0.717, 1.165) is 35.4 Å². The maximum atomic E-state index is 12.8. The second-order valence-corrected chi connectivity index (χ2v) is 8.50. The Labute approximate surface area is 174 Å². The lowest BCUT2D eigenvalue weighted by atomic mass is 9.88. The van der Waals surface area contributed by atoms with Crippen molar-refractivity contribution in [1.29, 1.82) is 0 Å². The molecule has 1 aliphatic carbocycles. The first kappa shape index (κ1) is 20.9. The lowest BCUT2D eigenvalue weighted by molar-refractivity contribution is 0.0937. The summed E-state index contributed by atoms with van der Waals surface area (Å²) >= 11 is 1.41. The fraction of sp³-hybridized carbons (Fsp3) is 0.381. The number of thiophene rings is 1. The van der Waals surface area contributed by atoms with Gasteiger partial charge in [0.05, 0.1) is 12.7 Å². The van der Waals surface area contributed by atoms with Crippen molar-refractivity contribution < 1.29 is 19.1 Å². The molecule has 2 N–H and O–H groups in total. The summed E-state index contributed by atoms with van der Waals surface area (Å²) in [5.41, 5.74) is 2.75. The summed E-state index contributed by atoms with van der Waals surface area (Å²) in [6, 6.07) is 7.21. The predicted octanol–water partition coefficient (Wildman–Crippen LogP) is 3.69. The quantitative estimate of drug-likeness (QED) is 0.795. The van der Waals surface area contributed by atoms with E-state index in [2.05, 4.69) is 22.3 Å². The number of carbonyl (C=O) groups is 3. The number of hydrogen-bond donors (Lipinski definition) is 2. The largest absolute Gasteiger partial charge is 0.453 e. The third kappa shape index (κ3) is 4.59. The van der Waals surface area contributed by atoms with E-state index >= 15 is 0 Å². The van der Waals surface area contributed by atoms with Crippen molar-refractivity contribution >= 4 is 39.9 Å². The Morgan fingerprint density at radius 3 is 2.45 bits per heavy atom. The molecule has 0 saturated heterocycles. The molecule has 0 unspecified atom stereocenters. The van der Waals surface area contributed by atoms with E-state index in [1.54, 1.807) is 12.1 Å². The molecule has 7 nitrogen and oxygen atoms in total. The summed E-state index contributed by atoms with van der Waals surface area (Å²) in [7, 11) is 5.06. The highest BCUT2D eigenvalue weighted by atomic mass is 32.1. The second kappa shape index (κ2) is 8.65. The molecule has 0 spiro atoms. The average Bonchev–Trinajstić information content (AvgIpc) is 3.04. The SMILES string of the molecule is COC(=O)NC(=O)c1c(NC(=O)c2ccc(N(C)C)cc2)sc2c1CC[C@H](C)C2. The third-order valence-corrected chi connectivity index (χ3v) is 6.18. The Kier molecular flexibility index (Phi) is 6.22. The maximum Gasteiger partial charge on any atom is 0.413 e. The molecule has 154 valence electrons. The Morgan fingerprint density at radius 1 is 1.14 bits per heavy atom. The van der Waals surface area contributed by atoms with Crippen LogP contribution in [0.4, 0.5) is 15.5 Å². The summed E-state index contributed by atoms with van der Waals surface area (Å²) in [5, 5.41) is 5.55. The van der Waals surface area contributed by atoms with Gasteiger partial charge in [0.25, 0.3) is 11.8 Å². The number of carbonyl (C=O) groups excluding carboxylic acids is 3. The molecule has 1 atom stereocenters. The van der Waals surface area contributed by atoms with Gasteiger partial charge in [0.15, 0.2) is 0 Å². The summed E-state index contributed by atoms with van der Waals surface area (Å²) in [5.74, 6) is -0.337. The van der Waals surface area contributed by atoms with Crippen molar-refractivity contribution in [2.45, 2.75) is 26.2 Å². The highest BCUT2D eigenvalue weighted by molar-refractivity contribution is 7.17. The topological polar surface area (TPSA) is 87.7 Å². The summed E-state index contributed by atoms with van der Waals surface area (Å²) in [4.78, 5) is 40.1. The molecule has 0 radical (unpaired) electrons. The number of amides is 3. The molecule has 3 rings (SSSR count). The van der Waals surface area contributed by atoms with Crippen LogP contribution in [0.2, 0.25) is 0 Å². The van der Waals surface area contributed by atoms with Gasteiger partial charge in [-0.1, -0.05) is 6.92 Å². The molecule has 1 aliphatic rings. The summed E-state index contributed by atoms with van der Waals surface area (Å²) in [6.45, 7) is 2.17. The van der Waals surface area contributed by atoms with Gasteiger partial charge < -0.3 is 15.0 Å². The second-order valence-electron chi connectivity index (χ2n) is 7.40. The molecular weight excluding hydrogens is 390 g/mol. The number of rotatable bonds is 4. The maximum absolute atomic E-state index is 12.8. The standard InChI is InChI=1S/C21H25N3O4S/c1-12-5-10-15-16(11-12)29-20(17(15)19(26)23-21(27)28-4)22-18(25)13-6-8-14(9-7-13)24(2)3/h6-9,12H,5,10-11H2,1-4H3,(H,22,25)(H,23,26,27)/t12-/m0/s1. The van der Waals surface area contributed by atoms with E-state index in [1.807, 2.05) is 31.1 Å². The smallest absolute Gasteiger partial charge is 0.413 e. The van der Waals surface area contributed by atoms with Crippen LogP contribution in [0.15, 0.2) is 24.3 Å². The minimum atomic E-state index is -0.823. The fourth-order valence-corrected chi connectivity index (χ4v) is 4.77. The van der Waals surface area contributed by atoms with E-state index in [9.17, 15) is 14.4 Å². The number of alkyl carbamates (subject to hydrolysis) is 1. The van der Waals surface area contributed by atoms with Gasteiger partial charge in [-0.05, 0) is 55.0 Å². The number of fused-ring (bicyclic) bond motifs is 1. The van der Waals surface area contributed by atoms with Crippen LogP contribution in [-0.2, 0) is 17.6 Å². The highest BCUT2D eigenvalue weighted by Gasteiger charge is 2.29. The lowest BCUT2D eigenvalue weighted by Gasteiger charge is -2.18. The Bertz CT molecular complexity index is 934. The zero-order valence-corrected chi connectivity index (χ0v) is 17.8. The summed E-state index contributed by atoms with van der Waals surface area (Å²) < 4.78 is 4.54. The molecule has 0 fully saturated rings. The van der Waals surface area contributed by atoms with Crippen LogP contribution >= 0.6 is 11.3 Å². The number of nitrogens with zero attached hydrogens (tertiary/aromatic N) is 1. The van der Waals surface area contributed by atoms with Crippen molar-refractivity contribution in [1.82, 2.24) is 5.32 Å². The molecule has 1 aromatic heterocycles. The van der Waals surface area contributed by atoms with Gasteiger partial charge in [-0.3, -0.25) is 14.9 Å². The molecule has 29 heavy (non-hydrogen) atoms. The predicted molar refractivity (Wildman–Crippen MR) is 114 cm³/mol. The van der Waals surface area contributed by atoms with E-state index in [4.69, 9.17) is 0 Å². The average molecular weight is 416 g/mol. The Hall–Kier alpha value is -2.87. The van der Waals surface area contributed by atoms with Gasteiger partial charge in [0.1, 0.15) is 5.00 Å². The molecule has 0 saturated carbocycles. The van der Waals surface area contributed by atoms with Gasteiger partial charge in [0.2, 0.25) is 0 Å². The molecule has 0 aliphatic heterocycles. The van der Waals surface area contributed by atoms with Crippen molar-refractivity contribution in [3.8, 4) is 0 Å². The van der Waals surface area contributed by atoms with Crippen LogP contribution in [0.25, 0.3) is 0 Å². The number of benzene rings is 1. The van der Waals surface area contributed by atoms with Gasteiger partial charge in [0, 0.05) is 30.2 Å². The number of imide groups is 1. The van der Waals surface area contributed by atoms with Crippen LogP contribution < -0.4 is 15.5 Å². The fourth-order valence-electron chi connectivity index (χ4n) is 3.37. The van der Waals surface area contributed by atoms with Gasteiger partial charge >= 0.3 is 6.09 Å². The van der Waals surface area contributed by atoms with Crippen molar-refractivity contribution in [2.75, 3.05) is 31.4 Å². The van der Waals surface area contributed by atoms with Crippen LogP contribution in [-0.4, -0.2) is 39.1 Å². The first-order valence-electron chi connectivity index (χ1n) is 9.42. The minimum absolute atomic E-state index is 0.297. The number of ether oxygens (including phenoxy) is 1. The monoisotopic (exact) mass is 415 g/mol. The van der Waals surface area contributed by atoms with Crippen LogP contribution in [0.3, 0.4) is 0 Å². The zero-order chi connectivity index (χ0) is 21.1. The van der Waals surface area contributed by atoms with Crippen LogP contribution in [0.1, 0.15) is 44.5 Å². The van der Waals surface area contributed by atoms with Gasteiger partial charge in [-0.2, -0.15) is 0 Å². The van der Waals surface area contributed by atoms with Gasteiger partial charge in [-0.15, -0.1) is 11.3 Å². The minimum Gasteiger partial charge on any atom is -0.453 e. The lowest BCUT2D eigenvalue weighted by Crippen LogP contribution is -2.31. The van der Waals surface area contributed by atoms with E-state index in [1.165, 1.54) is 18.4 Å². The van der Waals surface area contributed by atoms with E-state index < -0.39 is 12.0 Å². The molecule has 1 heterocycles. The van der Waals surface area contributed by atoms with Crippen LogP contribution in [0.5, 0.6) is 0 Å².